The van der Waals surface area contributed by atoms with Crippen LogP contribution in [-0.4, -0.2) is 34.9 Å². The molecule has 0 aliphatic heterocycles. The second-order valence-electron chi connectivity index (χ2n) is 4.07. The summed E-state index contributed by atoms with van der Waals surface area (Å²) >= 11 is 0. The molecular weight excluding hydrogens is 293 g/mol. The van der Waals surface area contributed by atoms with Gasteiger partial charge in [-0.25, -0.2) is 9.59 Å². The summed E-state index contributed by atoms with van der Waals surface area (Å²) in [5, 5.41) is 21.5. The van der Waals surface area contributed by atoms with E-state index in [0.29, 0.717) is 0 Å². The number of aliphatic hydroxyl groups excluding tert-OH is 1. The van der Waals surface area contributed by atoms with Crippen LogP contribution in [0.15, 0.2) is 24.3 Å². The highest BCUT2D eigenvalue weighted by Gasteiger charge is 2.32. The first kappa shape index (κ1) is 16.8. The zero-order chi connectivity index (χ0) is 16.0. The minimum atomic E-state index is -4.53. The Hall–Kier alpha value is -2.29. The number of aliphatic carboxylic acids is 1. The molecule has 6 nitrogen and oxygen atoms in total. The molecule has 9 heteroatoms. The monoisotopic (exact) mass is 306 g/mol. The summed E-state index contributed by atoms with van der Waals surface area (Å²) in [7, 11) is 0. The van der Waals surface area contributed by atoms with Crippen molar-refractivity contribution in [2.75, 3.05) is 6.54 Å². The van der Waals surface area contributed by atoms with Gasteiger partial charge in [0.05, 0.1) is 12.1 Å². The molecule has 0 spiro atoms. The van der Waals surface area contributed by atoms with Crippen LogP contribution in [0.2, 0.25) is 0 Å². The van der Waals surface area contributed by atoms with Gasteiger partial charge in [-0.05, 0) is 11.6 Å². The lowest BCUT2D eigenvalue weighted by Crippen LogP contribution is -2.41. The van der Waals surface area contributed by atoms with E-state index in [1.807, 2.05) is 5.32 Å². The quantitative estimate of drug-likeness (QED) is 0.651. The molecule has 0 aliphatic rings. The third kappa shape index (κ3) is 5.30. The zero-order valence-corrected chi connectivity index (χ0v) is 10.6. The Kier molecular flexibility index (Phi) is 5.53. The number of halogens is 3. The number of carboxylic acids is 1. The van der Waals surface area contributed by atoms with E-state index < -0.39 is 36.4 Å². The van der Waals surface area contributed by atoms with E-state index >= 15 is 0 Å². The number of alkyl halides is 3. The Balaban J connectivity index is 2.56. The van der Waals surface area contributed by atoms with E-state index in [1.54, 1.807) is 0 Å². The van der Waals surface area contributed by atoms with Gasteiger partial charge in [-0.3, -0.25) is 0 Å². The van der Waals surface area contributed by atoms with E-state index in [0.717, 1.165) is 6.07 Å². The number of nitrogens with one attached hydrogen (secondary N) is 2. The summed E-state index contributed by atoms with van der Waals surface area (Å²) in [6.07, 6.45) is -6.31. The van der Waals surface area contributed by atoms with Crippen molar-refractivity contribution in [2.24, 2.45) is 0 Å². The Morgan fingerprint density at radius 3 is 2.38 bits per heavy atom. The van der Waals surface area contributed by atoms with E-state index in [2.05, 4.69) is 5.32 Å². The summed E-state index contributed by atoms with van der Waals surface area (Å²) < 4.78 is 38.1. The molecule has 0 aliphatic carbocycles. The largest absolute Gasteiger partial charge is 0.479 e. The molecule has 0 saturated heterocycles. The molecule has 1 aromatic rings. The topological polar surface area (TPSA) is 98.7 Å². The molecule has 0 aromatic heterocycles. The van der Waals surface area contributed by atoms with E-state index in [-0.39, 0.29) is 12.1 Å². The molecule has 1 unspecified atom stereocenters. The van der Waals surface area contributed by atoms with E-state index in [4.69, 9.17) is 10.2 Å². The van der Waals surface area contributed by atoms with E-state index in [9.17, 15) is 22.8 Å². The number of rotatable bonds is 5. The normalized spacial score (nSPS) is 12.6. The van der Waals surface area contributed by atoms with Gasteiger partial charge in [-0.2, -0.15) is 13.2 Å². The molecular formula is C12H13F3N2O4. The van der Waals surface area contributed by atoms with Gasteiger partial charge >= 0.3 is 18.2 Å². The van der Waals surface area contributed by atoms with Crippen molar-refractivity contribution >= 4 is 12.0 Å². The Bertz CT molecular complexity index is 519. The van der Waals surface area contributed by atoms with Crippen LogP contribution in [0, 0.1) is 0 Å². The van der Waals surface area contributed by atoms with Gasteiger partial charge in [-0.15, -0.1) is 0 Å². The van der Waals surface area contributed by atoms with Crippen molar-refractivity contribution in [2.45, 2.75) is 18.8 Å². The van der Waals surface area contributed by atoms with Crippen LogP contribution in [0.1, 0.15) is 11.1 Å². The Labute approximate surface area is 117 Å². The number of hydrogen-bond acceptors (Lipinski definition) is 3. The maximum Gasteiger partial charge on any atom is 0.416 e. The second-order valence-corrected chi connectivity index (χ2v) is 4.07. The molecule has 0 saturated carbocycles. The average Bonchev–Trinajstić information content (AvgIpc) is 2.41. The third-order valence-corrected chi connectivity index (χ3v) is 2.50. The Morgan fingerprint density at radius 2 is 1.81 bits per heavy atom. The highest BCUT2D eigenvalue weighted by Crippen LogP contribution is 2.31. The van der Waals surface area contributed by atoms with Gasteiger partial charge in [-0.1, -0.05) is 18.2 Å². The summed E-state index contributed by atoms with van der Waals surface area (Å²) in [5.41, 5.74) is -0.991. The van der Waals surface area contributed by atoms with Gasteiger partial charge in [0.15, 0.2) is 6.10 Å². The molecule has 0 radical (unpaired) electrons. The summed E-state index contributed by atoms with van der Waals surface area (Å²) in [6.45, 7) is -0.938. The van der Waals surface area contributed by atoms with Gasteiger partial charge < -0.3 is 20.8 Å². The molecule has 0 heterocycles. The fourth-order valence-electron chi connectivity index (χ4n) is 1.47. The first-order chi connectivity index (χ1) is 9.71. The van der Waals surface area contributed by atoms with Gasteiger partial charge in [0.2, 0.25) is 0 Å². The molecule has 116 valence electrons. The van der Waals surface area contributed by atoms with Gasteiger partial charge in [0, 0.05) is 6.54 Å². The lowest BCUT2D eigenvalue weighted by atomic mass is 10.1. The standard InChI is InChI=1S/C12H13F3N2O4/c13-12(14,15)8-4-2-1-3-7(8)5-16-11(21)17-6-9(18)10(19)20/h1-4,9,18H,5-6H2,(H,19,20)(H2,16,17,21). The molecule has 4 N–H and O–H groups in total. The number of hydrogen-bond donors (Lipinski definition) is 4. The number of carbonyl (C=O) groups excluding carboxylic acids is 1. The summed E-state index contributed by atoms with van der Waals surface area (Å²) in [5.74, 6) is -1.52. The number of carboxylic acid groups (broad SMARTS) is 1. The predicted molar refractivity (Wildman–Crippen MR) is 65.3 cm³/mol. The zero-order valence-electron chi connectivity index (χ0n) is 10.6. The maximum absolute atomic E-state index is 12.7. The lowest BCUT2D eigenvalue weighted by molar-refractivity contribution is -0.146. The van der Waals surface area contributed by atoms with Crippen LogP contribution in [0.5, 0.6) is 0 Å². The molecule has 2 amide bonds. The molecule has 1 atom stereocenters. The number of benzene rings is 1. The predicted octanol–water partition coefficient (Wildman–Crippen LogP) is 0.950. The second kappa shape index (κ2) is 6.93. The van der Waals surface area contributed by atoms with Gasteiger partial charge in [0.1, 0.15) is 0 Å². The SMILES string of the molecule is O=C(NCc1ccccc1C(F)(F)F)NCC(O)C(=O)O. The minimum Gasteiger partial charge on any atom is -0.479 e. The van der Waals surface area contributed by atoms with Crippen LogP contribution >= 0.6 is 0 Å². The number of amides is 2. The number of urea groups is 1. The van der Waals surface area contributed by atoms with Crippen molar-refractivity contribution in [1.29, 1.82) is 0 Å². The number of carbonyl (C=O) groups is 2. The van der Waals surface area contributed by atoms with Gasteiger partial charge in [0.25, 0.3) is 0 Å². The fourth-order valence-corrected chi connectivity index (χ4v) is 1.47. The summed E-state index contributed by atoms with van der Waals surface area (Å²) in [4.78, 5) is 21.6. The minimum absolute atomic E-state index is 0.126. The van der Waals surface area contributed by atoms with Crippen LogP contribution < -0.4 is 10.6 Å². The van der Waals surface area contributed by atoms with E-state index in [1.165, 1.54) is 18.2 Å². The molecule has 1 aromatic carbocycles. The highest BCUT2D eigenvalue weighted by molar-refractivity contribution is 5.76. The summed E-state index contributed by atoms with van der Waals surface area (Å²) in [6, 6.07) is 3.86. The van der Waals surface area contributed by atoms with Crippen LogP contribution in [0.3, 0.4) is 0 Å². The van der Waals surface area contributed by atoms with Crippen molar-refractivity contribution in [1.82, 2.24) is 10.6 Å². The first-order valence-electron chi connectivity index (χ1n) is 5.79. The van der Waals surface area contributed by atoms with Crippen molar-refractivity contribution in [3.05, 3.63) is 35.4 Å². The van der Waals surface area contributed by atoms with Crippen LogP contribution in [0.4, 0.5) is 18.0 Å². The molecule has 0 fully saturated rings. The van der Waals surface area contributed by atoms with Crippen molar-refractivity contribution < 1.29 is 33.0 Å². The molecule has 21 heavy (non-hydrogen) atoms. The average molecular weight is 306 g/mol. The third-order valence-electron chi connectivity index (χ3n) is 2.50. The van der Waals surface area contributed by atoms with Crippen molar-refractivity contribution in [3.8, 4) is 0 Å². The molecule has 1 rings (SSSR count). The number of aliphatic hydroxyl groups is 1. The van der Waals surface area contributed by atoms with Crippen LogP contribution in [-0.2, 0) is 17.5 Å². The fraction of sp³-hybridized carbons (Fsp3) is 0.333. The lowest BCUT2D eigenvalue weighted by Gasteiger charge is -2.14. The first-order valence-corrected chi connectivity index (χ1v) is 5.79. The molecule has 0 bridgehead atoms. The Morgan fingerprint density at radius 1 is 1.19 bits per heavy atom. The van der Waals surface area contributed by atoms with Crippen LogP contribution in [0.25, 0.3) is 0 Å². The van der Waals surface area contributed by atoms with Crippen molar-refractivity contribution in [3.63, 3.8) is 0 Å². The maximum atomic E-state index is 12.7. The smallest absolute Gasteiger partial charge is 0.416 e. The highest BCUT2D eigenvalue weighted by atomic mass is 19.4.